The normalized spacial score (nSPS) is 10.5. The van der Waals surface area contributed by atoms with Crippen LogP contribution in [0.25, 0.3) is 11.3 Å². The van der Waals surface area contributed by atoms with Gasteiger partial charge in [0.05, 0.1) is 5.69 Å². The number of hydrogen-bond acceptors (Lipinski definition) is 2. The molecule has 0 atom stereocenters. The molecule has 0 amide bonds. The summed E-state index contributed by atoms with van der Waals surface area (Å²) in [6, 6.07) is 10.1. The van der Waals surface area contributed by atoms with Crippen LogP contribution < -0.4 is 0 Å². The van der Waals surface area contributed by atoms with Crippen LogP contribution in [0.5, 0.6) is 0 Å². The Kier molecular flexibility index (Phi) is 3.09. The first kappa shape index (κ1) is 11.6. The van der Waals surface area contributed by atoms with Gasteiger partial charge in [0, 0.05) is 19.0 Å². The molecule has 2 aromatic rings. The topological polar surface area (TPSA) is 34.9 Å². The van der Waals surface area contributed by atoms with Crippen LogP contribution in [0.15, 0.2) is 30.3 Å². The van der Waals surface area contributed by atoms with Crippen LogP contribution in [-0.4, -0.2) is 15.6 Å². The second kappa shape index (κ2) is 4.53. The fraction of sp³-hybridized carbons (Fsp3) is 0.286. The molecule has 0 aliphatic rings. The Balaban J connectivity index is 2.54. The highest BCUT2D eigenvalue weighted by molar-refractivity contribution is 5.93. The summed E-state index contributed by atoms with van der Waals surface area (Å²) in [5.41, 5.74) is 3.84. The number of ketones is 1. The van der Waals surface area contributed by atoms with E-state index in [1.807, 2.05) is 29.8 Å². The van der Waals surface area contributed by atoms with Gasteiger partial charge in [0.1, 0.15) is 5.69 Å². The summed E-state index contributed by atoms with van der Waals surface area (Å²) in [6.07, 6.45) is 0. The molecule has 1 aromatic heterocycles. The highest BCUT2D eigenvalue weighted by Gasteiger charge is 2.11. The molecule has 0 radical (unpaired) electrons. The van der Waals surface area contributed by atoms with Crippen LogP contribution in [0, 0.1) is 6.92 Å². The molecule has 88 valence electrons. The summed E-state index contributed by atoms with van der Waals surface area (Å²) in [5, 5.41) is 4.30. The Morgan fingerprint density at radius 3 is 2.71 bits per heavy atom. The first-order valence-corrected chi connectivity index (χ1v) is 5.77. The smallest absolute Gasteiger partial charge is 0.180 e. The van der Waals surface area contributed by atoms with Gasteiger partial charge in [-0.2, -0.15) is 5.10 Å². The van der Waals surface area contributed by atoms with Crippen molar-refractivity contribution in [1.82, 2.24) is 9.78 Å². The first-order valence-electron chi connectivity index (χ1n) is 5.77. The largest absolute Gasteiger partial charge is 0.293 e. The zero-order chi connectivity index (χ0) is 12.4. The Labute approximate surface area is 101 Å². The zero-order valence-corrected chi connectivity index (χ0v) is 10.4. The highest BCUT2D eigenvalue weighted by atomic mass is 16.1. The maximum atomic E-state index is 11.3. The van der Waals surface area contributed by atoms with Crippen molar-refractivity contribution in [2.75, 3.05) is 0 Å². The monoisotopic (exact) mass is 228 g/mol. The number of Topliss-reactive ketones (excluding diaryl/α,β-unsaturated/α-hetero) is 1. The molecule has 0 aliphatic carbocycles. The summed E-state index contributed by atoms with van der Waals surface area (Å²) in [5.74, 6) is 0.00565. The summed E-state index contributed by atoms with van der Waals surface area (Å²) in [7, 11) is 0. The highest BCUT2D eigenvalue weighted by Crippen LogP contribution is 2.21. The molecule has 0 N–H and O–H groups in total. The number of benzene rings is 1. The minimum absolute atomic E-state index is 0.00565. The van der Waals surface area contributed by atoms with Crippen LogP contribution in [0.4, 0.5) is 0 Å². The van der Waals surface area contributed by atoms with Gasteiger partial charge in [0.15, 0.2) is 5.78 Å². The van der Waals surface area contributed by atoms with E-state index in [1.165, 1.54) is 5.56 Å². The van der Waals surface area contributed by atoms with Crippen LogP contribution in [0.3, 0.4) is 0 Å². The number of aryl methyl sites for hydroxylation is 2. The molecule has 0 bridgehead atoms. The molecule has 0 aliphatic heterocycles. The lowest BCUT2D eigenvalue weighted by molar-refractivity contribution is 0.101. The number of hydrogen-bond donors (Lipinski definition) is 0. The van der Waals surface area contributed by atoms with Gasteiger partial charge in [-0.15, -0.1) is 0 Å². The van der Waals surface area contributed by atoms with Gasteiger partial charge in [-0.1, -0.05) is 23.8 Å². The second-order valence-corrected chi connectivity index (χ2v) is 4.16. The Morgan fingerprint density at radius 1 is 1.35 bits per heavy atom. The third-order valence-electron chi connectivity index (χ3n) is 2.75. The zero-order valence-electron chi connectivity index (χ0n) is 10.4. The number of carbonyl (C=O) groups excluding carboxylic acids is 1. The average Bonchev–Trinajstić information content (AvgIpc) is 2.73. The van der Waals surface area contributed by atoms with Gasteiger partial charge in [-0.3, -0.25) is 9.48 Å². The van der Waals surface area contributed by atoms with Crippen molar-refractivity contribution in [3.05, 3.63) is 41.6 Å². The van der Waals surface area contributed by atoms with E-state index in [1.54, 1.807) is 6.92 Å². The molecule has 3 heteroatoms. The predicted octanol–water partition coefficient (Wildman–Crippen LogP) is 3.08. The fourth-order valence-corrected chi connectivity index (χ4v) is 1.87. The Morgan fingerprint density at radius 2 is 2.12 bits per heavy atom. The van der Waals surface area contributed by atoms with Crippen molar-refractivity contribution in [2.24, 2.45) is 0 Å². The maximum absolute atomic E-state index is 11.3. The summed E-state index contributed by atoms with van der Waals surface area (Å²) in [6.45, 7) is 6.39. The molecule has 2 rings (SSSR count). The second-order valence-electron chi connectivity index (χ2n) is 4.16. The first-order chi connectivity index (χ1) is 8.11. The Bertz CT molecular complexity index is 555. The van der Waals surface area contributed by atoms with Crippen LogP contribution >= 0.6 is 0 Å². The summed E-state index contributed by atoms with van der Waals surface area (Å²) < 4.78 is 1.87. The third-order valence-corrected chi connectivity index (χ3v) is 2.75. The Hall–Kier alpha value is -1.90. The van der Waals surface area contributed by atoms with Gasteiger partial charge < -0.3 is 0 Å². The van der Waals surface area contributed by atoms with Crippen molar-refractivity contribution >= 4 is 5.78 Å². The van der Waals surface area contributed by atoms with Gasteiger partial charge in [-0.05, 0) is 26.0 Å². The van der Waals surface area contributed by atoms with E-state index in [2.05, 4.69) is 24.2 Å². The van der Waals surface area contributed by atoms with Crippen molar-refractivity contribution in [2.45, 2.75) is 27.3 Å². The molecule has 0 spiro atoms. The van der Waals surface area contributed by atoms with Crippen LogP contribution in [0.2, 0.25) is 0 Å². The van der Waals surface area contributed by atoms with Crippen molar-refractivity contribution in [1.29, 1.82) is 0 Å². The average molecular weight is 228 g/mol. The van der Waals surface area contributed by atoms with E-state index in [0.29, 0.717) is 5.69 Å². The number of rotatable bonds is 3. The van der Waals surface area contributed by atoms with E-state index in [4.69, 9.17) is 0 Å². The molecular formula is C14H16N2O. The molecule has 0 unspecified atom stereocenters. The van der Waals surface area contributed by atoms with E-state index in [0.717, 1.165) is 17.8 Å². The van der Waals surface area contributed by atoms with E-state index >= 15 is 0 Å². The van der Waals surface area contributed by atoms with Gasteiger partial charge >= 0.3 is 0 Å². The molecular weight excluding hydrogens is 212 g/mol. The van der Waals surface area contributed by atoms with Gasteiger partial charge in [-0.25, -0.2) is 0 Å². The number of carbonyl (C=O) groups is 1. The maximum Gasteiger partial charge on any atom is 0.180 e. The number of nitrogens with zero attached hydrogens (tertiary/aromatic N) is 2. The lowest BCUT2D eigenvalue weighted by Gasteiger charge is -2.04. The van der Waals surface area contributed by atoms with Crippen molar-refractivity contribution < 1.29 is 4.79 Å². The molecule has 1 aromatic carbocycles. The predicted molar refractivity (Wildman–Crippen MR) is 68.1 cm³/mol. The van der Waals surface area contributed by atoms with Crippen LogP contribution in [0.1, 0.15) is 29.9 Å². The van der Waals surface area contributed by atoms with Crippen molar-refractivity contribution in [3.63, 3.8) is 0 Å². The molecule has 0 saturated carbocycles. The van der Waals surface area contributed by atoms with Crippen LogP contribution in [-0.2, 0) is 6.54 Å². The summed E-state index contributed by atoms with van der Waals surface area (Å²) in [4.78, 5) is 11.3. The molecule has 17 heavy (non-hydrogen) atoms. The van der Waals surface area contributed by atoms with E-state index in [9.17, 15) is 4.79 Å². The minimum atomic E-state index is 0.00565. The van der Waals surface area contributed by atoms with Gasteiger partial charge in [0.2, 0.25) is 0 Å². The van der Waals surface area contributed by atoms with E-state index in [-0.39, 0.29) is 5.78 Å². The lowest BCUT2D eigenvalue weighted by Crippen LogP contribution is -2.01. The molecule has 0 saturated heterocycles. The SMILES string of the molecule is CCn1nc(C(C)=O)cc1-c1cccc(C)c1. The molecule has 0 fully saturated rings. The van der Waals surface area contributed by atoms with Crippen molar-refractivity contribution in [3.8, 4) is 11.3 Å². The third kappa shape index (κ3) is 2.28. The quantitative estimate of drug-likeness (QED) is 0.757. The molecule has 3 nitrogen and oxygen atoms in total. The summed E-state index contributed by atoms with van der Waals surface area (Å²) >= 11 is 0. The lowest BCUT2D eigenvalue weighted by atomic mass is 10.1. The minimum Gasteiger partial charge on any atom is -0.293 e. The molecule has 1 heterocycles. The number of aromatic nitrogens is 2. The van der Waals surface area contributed by atoms with E-state index < -0.39 is 0 Å². The fourth-order valence-electron chi connectivity index (χ4n) is 1.87. The van der Waals surface area contributed by atoms with Gasteiger partial charge in [0.25, 0.3) is 0 Å². The standard InChI is InChI=1S/C14H16N2O/c1-4-16-14(9-13(15-16)11(3)17)12-7-5-6-10(2)8-12/h5-9H,4H2,1-3H3.